The second kappa shape index (κ2) is 7.83. The van der Waals surface area contributed by atoms with Crippen molar-refractivity contribution in [3.05, 3.63) is 6.42 Å². The predicted octanol–water partition coefficient (Wildman–Crippen LogP) is 0.779. The molecule has 4 nitrogen and oxygen atoms in total. The molecule has 0 aromatic heterocycles. The maximum absolute atomic E-state index is 11.8. The maximum Gasteiger partial charge on any atom is 2.00 e. The number of hydrogen-bond acceptors (Lipinski definition) is 2. The van der Waals surface area contributed by atoms with Gasteiger partial charge in [0.05, 0.1) is 0 Å². The molecule has 16 heavy (non-hydrogen) atoms. The van der Waals surface area contributed by atoms with Crippen molar-refractivity contribution in [2.24, 2.45) is 5.92 Å². The smallest absolute Gasteiger partial charge is 0.347 e. The van der Waals surface area contributed by atoms with Crippen LogP contribution in [0.3, 0.4) is 0 Å². The predicted molar refractivity (Wildman–Crippen MR) is 60.1 cm³/mol. The molecule has 0 radical (unpaired) electrons. The van der Waals surface area contributed by atoms with Crippen LogP contribution in [0.2, 0.25) is 0 Å². The summed E-state index contributed by atoms with van der Waals surface area (Å²) in [4.78, 5) is 26.4. The van der Waals surface area contributed by atoms with Crippen molar-refractivity contribution in [1.82, 2.24) is 9.80 Å². The average molecular weight is 397 g/mol. The van der Waals surface area contributed by atoms with Gasteiger partial charge >= 0.3 is 21.1 Å². The van der Waals surface area contributed by atoms with E-state index in [9.17, 15) is 9.59 Å². The van der Waals surface area contributed by atoms with Crippen LogP contribution in [0.25, 0.3) is 0 Å². The first-order valence-electron chi connectivity index (χ1n) is 5.10. The Morgan fingerprint density at radius 3 is 1.81 bits per heavy atom. The van der Waals surface area contributed by atoms with Crippen LogP contribution >= 0.6 is 0 Å². The largest absolute Gasteiger partial charge is 2.00 e. The number of amides is 2. The van der Waals surface area contributed by atoms with Crippen LogP contribution in [0, 0.1) is 12.3 Å². The first kappa shape index (κ1) is 18.0. The molecule has 2 unspecified atom stereocenters. The van der Waals surface area contributed by atoms with E-state index in [1.165, 1.54) is 9.80 Å². The van der Waals surface area contributed by atoms with E-state index in [0.29, 0.717) is 0 Å². The van der Waals surface area contributed by atoms with Crippen LogP contribution in [0.5, 0.6) is 0 Å². The monoisotopic (exact) mass is 397 g/mol. The molecule has 0 saturated heterocycles. The van der Waals surface area contributed by atoms with Crippen molar-refractivity contribution >= 4 is 11.8 Å². The molecule has 0 spiro atoms. The van der Waals surface area contributed by atoms with E-state index >= 15 is 0 Å². The van der Waals surface area contributed by atoms with Gasteiger partial charge in [0.15, 0.2) is 5.91 Å². The Hall–Kier alpha value is -0.372. The van der Waals surface area contributed by atoms with Crippen LogP contribution in [0.15, 0.2) is 0 Å². The number of likely N-dealkylation sites (N-methyl/N-ethyl adjacent to an activating group) is 2. The van der Waals surface area contributed by atoms with Gasteiger partial charge in [0, 0.05) is 21.1 Å². The third-order valence-corrected chi connectivity index (χ3v) is 2.62. The van der Waals surface area contributed by atoms with E-state index < -0.39 is 6.04 Å². The van der Waals surface area contributed by atoms with Crippen LogP contribution < -0.4 is 0 Å². The molecule has 0 aliphatic heterocycles. The standard InChI is InChI=1S/C11H21N2O2.W/c1-7-8(2)10(14)13(6)9(3)11(15)12(4)5;/h7-9H,1-6H3;/q-1;+2. The van der Waals surface area contributed by atoms with Gasteiger partial charge in [-0.25, -0.2) is 0 Å². The summed E-state index contributed by atoms with van der Waals surface area (Å²) in [5.41, 5.74) is 0. The Morgan fingerprint density at radius 2 is 1.50 bits per heavy atom. The van der Waals surface area contributed by atoms with Gasteiger partial charge in [-0.15, -0.1) is 0 Å². The topological polar surface area (TPSA) is 40.6 Å². The van der Waals surface area contributed by atoms with E-state index in [1.807, 2.05) is 20.3 Å². The molecular formula is C11H21N2O2W+. The van der Waals surface area contributed by atoms with Crippen molar-refractivity contribution in [3.8, 4) is 0 Å². The van der Waals surface area contributed by atoms with Crippen molar-refractivity contribution in [1.29, 1.82) is 0 Å². The fourth-order valence-electron chi connectivity index (χ4n) is 1.19. The van der Waals surface area contributed by atoms with Crippen molar-refractivity contribution in [3.63, 3.8) is 0 Å². The molecule has 0 aromatic rings. The zero-order valence-electron chi connectivity index (χ0n) is 10.9. The molecule has 0 fully saturated rings. The second-order valence-corrected chi connectivity index (χ2v) is 3.98. The number of carbonyl (C=O) groups excluding carboxylic acids is 2. The van der Waals surface area contributed by atoms with E-state index in [2.05, 4.69) is 0 Å². The van der Waals surface area contributed by atoms with Gasteiger partial charge < -0.3 is 16.2 Å². The van der Waals surface area contributed by atoms with Crippen molar-refractivity contribution in [2.75, 3.05) is 21.1 Å². The minimum Gasteiger partial charge on any atom is -0.347 e. The number of hydrogen-bond donors (Lipinski definition) is 0. The first-order valence-corrected chi connectivity index (χ1v) is 5.10. The normalized spacial score (nSPS) is 13.4. The SMILES string of the molecule is C[CH-]C(C)C(=O)N(C)C(C)C(=O)N(C)C.[W+2]. The minimum absolute atomic E-state index is 0. The van der Waals surface area contributed by atoms with Crippen LogP contribution in [-0.2, 0) is 30.7 Å². The summed E-state index contributed by atoms with van der Waals surface area (Å²) in [6.45, 7) is 5.41. The molecule has 5 heteroatoms. The van der Waals surface area contributed by atoms with E-state index in [-0.39, 0.29) is 38.8 Å². The Morgan fingerprint density at radius 1 is 1.06 bits per heavy atom. The Balaban J connectivity index is 0. The maximum atomic E-state index is 11.8. The molecule has 0 rings (SSSR count). The fourth-order valence-corrected chi connectivity index (χ4v) is 1.19. The molecule has 2 atom stereocenters. The Bertz CT molecular complexity index is 244. The molecule has 0 aliphatic carbocycles. The van der Waals surface area contributed by atoms with Crippen LogP contribution in [0.1, 0.15) is 20.8 Å². The van der Waals surface area contributed by atoms with Gasteiger partial charge in [-0.2, -0.15) is 6.92 Å². The quantitative estimate of drug-likeness (QED) is 0.659. The summed E-state index contributed by atoms with van der Waals surface area (Å²) in [6, 6.07) is -0.408. The summed E-state index contributed by atoms with van der Waals surface area (Å²) in [5.74, 6) is -0.234. The average Bonchev–Trinajstić information content (AvgIpc) is 2.23. The summed E-state index contributed by atoms with van der Waals surface area (Å²) in [6.07, 6.45) is 1.83. The Kier molecular flexibility index (Phi) is 8.81. The molecule has 2 amide bonds. The molecule has 0 aromatic carbocycles. The Labute approximate surface area is 113 Å². The van der Waals surface area contributed by atoms with Gasteiger partial charge in [-0.05, 0) is 6.92 Å². The third kappa shape index (κ3) is 4.65. The van der Waals surface area contributed by atoms with E-state index in [1.54, 1.807) is 28.1 Å². The molecule has 0 bridgehead atoms. The summed E-state index contributed by atoms with van der Waals surface area (Å²) >= 11 is 0. The summed E-state index contributed by atoms with van der Waals surface area (Å²) in [5, 5.41) is 0. The number of carbonyl (C=O) groups is 2. The van der Waals surface area contributed by atoms with Gasteiger partial charge in [0.25, 0.3) is 0 Å². The number of rotatable bonds is 4. The van der Waals surface area contributed by atoms with Crippen LogP contribution in [-0.4, -0.2) is 48.8 Å². The molecule has 0 aliphatic rings. The molecule has 0 heterocycles. The fraction of sp³-hybridized carbons (Fsp3) is 0.727. The molecular weight excluding hydrogens is 376 g/mol. The molecule has 92 valence electrons. The van der Waals surface area contributed by atoms with Gasteiger partial charge in [0.1, 0.15) is 6.04 Å². The van der Waals surface area contributed by atoms with Crippen molar-refractivity contribution < 1.29 is 30.7 Å². The zero-order chi connectivity index (χ0) is 12.2. The second-order valence-electron chi connectivity index (χ2n) is 3.98. The van der Waals surface area contributed by atoms with E-state index in [0.717, 1.165) is 0 Å². The van der Waals surface area contributed by atoms with Gasteiger partial charge in [-0.1, -0.05) is 12.8 Å². The van der Waals surface area contributed by atoms with Gasteiger partial charge in [0.2, 0.25) is 5.91 Å². The minimum atomic E-state index is -0.408. The third-order valence-electron chi connectivity index (χ3n) is 2.62. The van der Waals surface area contributed by atoms with Gasteiger partial charge in [-0.3, -0.25) is 9.59 Å². The summed E-state index contributed by atoms with van der Waals surface area (Å²) in [7, 11) is 5.04. The number of nitrogens with zero attached hydrogens (tertiary/aromatic N) is 2. The summed E-state index contributed by atoms with van der Waals surface area (Å²) < 4.78 is 0. The zero-order valence-corrected chi connectivity index (χ0v) is 13.8. The first-order chi connectivity index (χ1) is 6.82. The van der Waals surface area contributed by atoms with Crippen LogP contribution in [0.4, 0.5) is 0 Å². The van der Waals surface area contributed by atoms with Crippen molar-refractivity contribution in [2.45, 2.75) is 26.8 Å². The van der Waals surface area contributed by atoms with E-state index in [4.69, 9.17) is 0 Å². The molecule has 0 saturated carbocycles. The molecule has 0 N–H and O–H groups in total.